The summed E-state index contributed by atoms with van der Waals surface area (Å²) in [5, 5.41) is 14.8. The molecule has 3 heterocycles. The molecule has 34 heavy (non-hydrogen) atoms. The van der Waals surface area contributed by atoms with E-state index in [1.807, 2.05) is 6.92 Å². The molecule has 0 saturated carbocycles. The van der Waals surface area contributed by atoms with Gasteiger partial charge in [-0.15, -0.1) is 0 Å². The fraction of sp³-hybridized carbons (Fsp3) is 0.391. The van der Waals surface area contributed by atoms with Crippen molar-refractivity contribution in [1.82, 2.24) is 25.3 Å². The zero-order chi connectivity index (χ0) is 24.1. The third-order valence-corrected chi connectivity index (χ3v) is 5.30. The first-order valence-electron chi connectivity index (χ1n) is 10.9. The number of aromatic amines is 1. The van der Waals surface area contributed by atoms with Gasteiger partial charge in [-0.3, -0.25) is 4.79 Å². The van der Waals surface area contributed by atoms with E-state index in [-0.39, 0.29) is 23.7 Å². The number of nitrogens with one attached hydrogen (secondary N) is 3. The molecule has 1 aliphatic heterocycles. The number of hydrogen-bond acceptors (Lipinski definition) is 8. The number of H-pyrrole nitrogens is 1. The van der Waals surface area contributed by atoms with Crippen LogP contribution in [0.5, 0.6) is 0 Å². The van der Waals surface area contributed by atoms with Crippen molar-refractivity contribution in [1.29, 1.82) is 0 Å². The molecular formula is C23H27FN6O4. The molecule has 1 aromatic carbocycles. The van der Waals surface area contributed by atoms with Crippen molar-refractivity contribution in [2.24, 2.45) is 5.41 Å². The van der Waals surface area contributed by atoms with Crippen LogP contribution in [-0.4, -0.2) is 63.9 Å². The standard InChI is InChI=1S/C23H27FN6O4/c1-14(32)27-11-23(2)12-33-21(34-13-23)20-29-18(15-3-5-16(24)6-4-15)19(30-20)17-7-8-25-22(28-17)26-9-10-31/h3-8,21,31H,9-13H2,1-2H3,(H,27,32)(H,29,30)(H,25,26,28). The van der Waals surface area contributed by atoms with E-state index in [0.29, 0.717) is 60.7 Å². The molecule has 1 saturated heterocycles. The number of aliphatic hydroxyl groups excluding tert-OH is 1. The van der Waals surface area contributed by atoms with E-state index in [9.17, 15) is 9.18 Å². The van der Waals surface area contributed by atoms with Crippen molar-refractivity contribution in [2.75, 3.05) is 38.2 Å². The summed E-state index contributed by atoms with van der Waals surface area (Å²) in [5.74, 6) is 0.336. The van der Waals surface area contributed by atoms with E-state index in [1.54, 1.807) is 24.4 Å². The van der Waals surface area contributed by atoms with E-state index in [1.165, 1.54) is 19.1 Å². The minimum absolute atomic E-state index is 0.0557. The Kier molecular flexibility index (Phi) is 7.15. The first-order valence-corrected chi connectivity index (χ1v) is 10.9. The summed E-state index contributed by atoms with van der Waals surface area (Å²) < 4.78 is 25.4. The van der Waals surface area contributed by atoms with Crippen LogP contribution < -0.4 is 10.6 Å². The van der Waals surface area contributed by atoms with Gasteiger partial charge in [0.1, 0.15) is 5.82 Å². The molecule has 0 atom stereocenters. The molecule has 0 radical (unpaired) electrons. The smallest absolute Gasteiger partial charge is 0.223 e. The van der Waals surface area contributed by atoms with Crippen molar-refractivity contribution in [2.45, 2.75) is 20.1 Å². The number of hydrogen-bond donors (Lipinski definition) is 4. The van der Waals surface area contributed by atoms with Gasteiger partial charge >= 0.3 is 0 Å². The Bertz CT molecular complexity index is 1130. The second-order valence-electron chi connectivity index (χ2n) is 8.44. The number of anilines is 1. The van der Waals surface area contributed by atoms with Crippen LogP contribution >= 0.6 is 0 Å². The lowest BCUT2D eigenvalue weighted by Crippen LogP contribution is -2.45. The van der Waals surface area contributed by atoms with Gasteiger partial charge in [0.2, 0.25) is 18.1 Å². The highest BCUT2D eigenvalue weighted by atomic mass is 19.1. The second kappa shape index (κ2) is 10.2. The fourth-order valence-corrected chi connectivity index (χ4v) is 3.50. The molecule has 4 N–H and O–H groups in total. The van der Waals surface area contributed by atoms with E-state index in [4.69, 9.17) is 19.6 Å². The van der Waals surface area contributed by atoms with Gasteiger partial charge in [-0.2, -0.15) is 0 Å². The van der Waals surface area contributed by atoms with Crippen LogP contribution in [0.2, 0.25) is 0 Å². The Morgan fingerprint density at radius 3 is 2.65 bits per heavy atom. The van der Waals surface area contributed by atoms with Crippen molar-refractivity contribution in [3.8, 4) is 22.6 Å². The lowest BCUT2D eigenvalue weighted by Gasteiger charge is -2.36. The van der Waals surface area contributed by atoms with Gasteiger partial charge in [0.05, 0.1) is 36.9 Å². The highest BCUT2D eigenvalue weighted by Gasteiger charge is 2.35. The number of amides is 1. The maximum absolute atomic E-state index is 13.5. The SMILES string of the molecule is CC(=O)NCC1(C)COC(c2nc(-c3ccc(F)cc3)c(-c3ccnc(NCCO)n3)[nH]2)OC1. The average Bonchev–Trinajstić information content (AvgIpc) is 3.28. The lowest BCUT2D eigenvalue weighted by atomic mass is 9.92. The summed E-state index contributed by atoms with van der Waals surface area (Å²) >= 11 is 0. The van der Waals surface area contributed by atoms with Crippen LogP contribution in [0, 0.1) is 11.2 Å². The average molecular weight is 471 g/mol. The molecule has 180 valence electrons. The molecule has 1 aliphatic rings. The van der Waals surface area contributed by atoms with Gasteiger partial charge in [0, 0.05) is 37.2 Å². The Hall–Kier alpha value is -3.41. The summed E-state index contributed by atoms with van der Waals surface area (Å²) in [4.78, 5) is 27.9. The van der Waals surface area contributed by atoms with Crippen LogP contribution in [0.1, 0.15) is 26.0 Å². The lowest BCUT2D eigenvalue weighted by molar-refractivity contribution is -0.232. The second-order valence-corrected chi connectivity index (χ2v) is 8.44. The number of benzene rings is 1. The number of ether oxygens (including phenoxy) is 2. The highest BCUT2D eigenvalue weighted by molar-refractivity contribution is 5.77. The Balaban J connectivity index is 1.63. The number of aliphatic hydroxyl groups is 1. The van der Waals surface area contributed by atoms with Crippen LogP contribution in [0.15, 0.2) is 36.5 Å². The van der Waals surface area contributed by atoms with E-state index >= 15 is 0 Å². The van der Waals surface area contributed by atoms with Crippen LogP contribution in [-0.2, 0) is 14.3 Å². The molecule has 11 heteroatoms. The molecule has 10 nitrogen and oxygen atoms in total. The van der Waals surface area contributed by atoms with Gasteiger partial charge in [-0.25, -0.2) is 19.3 Å². The van der Waals surface area contributed by atoms with Crippen molar-refractivity contribution in [3.05, 3.63) is 48.2 Å². The zero-order valence-electron chi connectivity index (χ0n) is 19.0. The fourth-order valence-electron chi connectivity index (χ4n) is 3.50. The Labute approximate surface area is 196 Å². The highest BCUT2D eigenvalue weighted by Crippen LogP contribution is 2.35. The molecule has 4 rings (SSSR count). The summed E-state index contributed by atoms with van der Waals surface area (Å²) in [6, 6.07) is 7.73. The number of carbonyl (C=O) groups excluding carboxylic acids is 1. The largest absolute Gasteiger partial charge is 0.395 e. The predicted octanol–water partition coefficient (Wildman–Crippen LogP) is 2.26. The molecule has 0 unspecified atom stereocenters. The molecule has 0 aliphatic carbocycles. The maximum Gasteiger partial charge on any atom is 0.223 e. The topological polar surface area (TPSA) is 134 Å². The summed E-state index contributed by atoms with van der Waals surface area (Å²) in [5.41, 5.74) is 2.03. The quantitative estimate of drug-likeness (QED) is 0.394. The van der Waals surface area contributed by atoms with Gasteiger partial charge in [0.25, 0.3) is 0 Å². The van der Waals surface area contributed by atoms with Crippen molar-refractivity contribution in [3.63, 3.8) is 0 Å². The maximum atomic E-state index is 13.5. The van der Waals surface area contributed by atoms with Crippen molar-refractivity contribution >= 4 is 11.9 Å². The molecule has 0 spiro atoms. The summed E-state index contributed by atoms with van der Waals surface area (Å²) in [7, 11) is 0. The third kappa shape index (κ3) is 5.56. The molecule has 3 aromatic rings. The van der Waals surface area contributed by atoms with Crippen LogP contribution in [0.4, 0.5) is 10.3 Å². The predicted molar refractivity (Wildman–Crippen MR) is 122 cm³/mol. The van der Waals surface area contributed by atoms with Gasteiger partial charge in [0.15, 0.2) is 5.82 Å². The van der Waals surface area contributed by atoms with Gasteiger partial charge in [-0.1, -0.05) is 6.92 Å². The number of carbonyl (C=O) groups is 1. The normalized spacial score (nSPS) is 20.2. The number of rotatable bonds is 8. The number of imidazole rings is 1. The molecular weight excluding hydrogens is 443 g/mol. The van der Waals surface area contributed by atoms with Crippen LogP contribution in [0.25, 0.3) is 22.6 Å². The Morgan fingerprint density at radius 1 is 1.24 bits per heavy atom. The minimum Gasteiger partial charge on any atom is -0.395 e. The number of nitrogens with zero attached hydrogens (tertiary/aromatic N) is 3. The molecule has 1 fully saturated rings. The number of halogens is 1. The summed E-state index contributed by atoms with van der Waals surface area (Å²) in [6.45, 7) is 4.85. The van der Waals surface area contributed by atoms with Crippen LogP contribution in [0.3, 0.4) is 0 Å². The minimum atomic E-state index is -0.743. The molecule has 0 bridgehead atoms. The van der Waals surface area contributed by atoms with E-state index < -0.39 is 6.29 Å². The monoisotopic (exact) mass is 470 g/mol. The first-order chi connectivity index (χ1) is 16.4. The van der Waals surface area contributed by atoms with E-state index in [0.717, 1.165) is 0 Å². The Morgan fingerprint density at radius 2 is 1.97 bits per heavy atom. The van der Waals surface area contributed by atoms with Gasteiger partial charge < -0.3 is 30.2 Å². The van der Waals surface area contributed by atoms with E-state index in [2.05, 4.69) is 25.6 Å². The third-order valence-electron chi connectivity index (χ3n) is 5.30. The first kappa shape index (κ1) is 23.7. The van der Waals surface area contributed by atoms with Crippen molar-refractivity contribution < 1.29 is 23.8 Å². The summed E-state index contributed by atoms with van der Waals surface area (Å²) in [6.07, 6.45) is 0.852. The number of aromatic nitrogens is 4. The molecule has 2 aromatic heterocycles. The van der Waals surface area contributed by atoms with Gasteiger partial charge in [-0.05, 0) is 30.3 Å². The molecule has 1 amide bonds. The zero-order valence-corrected chi connectivity index (χ0v) is 19.0.